The topological polar surface area (TPSA) is 75.6 Å². The zero-order valence-electron chi connectivity index (χ0n) is 12.6. The summed E-state index contributed by atoms with van der Waals surface area (Å²) in [5, 5.41) is 11.6. The number of carboxylic acid groups (broad SMARTS) is 1. The molecule has 0 aliphatic heterocycles. The summed E-state index contributed by atoms with van der Waals surface area (Å²) in [5.74, 6) is -1.05. The molecule has 1 aliphatic rings. The van der Waals surface area contributed by atoms with E-state index in [2.05, 4.69) is 11.9 Å². The molecule has 1 fully saturated rings. The van der Waals surface area contributed by atoms with Gasteiger partial charge in [0.05, 0.1) is 6.61 Å². The van der Waals surface area contributed by atoms with Gasteiger partial charge in [-0.1, -0.05) is 26.8 Å². The molecule has 0 aromatic carbocycles. The third-order valence-electron chi connectivity index (χ3n) is 3.72. The fourth-order valence-electron chi connectivity index (χ4n) is 2.08. The number of carbonyl (C=O) groups excluding carboxylic acids is 1. The minimum Gasteiger partial charge on any atom is -0.480 e. The van der Waals surface area contributed by atoms with E-state index in [1.165, 1.54) is 0 Å². The number of alkyl carbamates (subject to hydrolysis) is 1. The van der Waals surface area contributed by atoms with Gasteiger partial charge < -0.3 is 15.2 Å². The largest absolute Gasteiger partial charge is 0.480 e. The second-order valence-corrected chi connectivity index (χ2v) is 6.69. The van der Waals surface area contributed by atoms with Crippen LogP contribution in [0.4, 0.5) is 4.79 Å². The van der Waals surface area contributed by atoms with Crippen LogP contribution >= 0.6 is 0 Å². The van der Waals surface area contributed by atoms with Crippen LogP contribution in [0.15, 0.2) is 12.7 Å². The Labute approximate surface area is 120 Å². The number of aliphatic carboxylic acids is 1. The molecule has 1 atom stereocenters. The Morgan fingerprint density at radius 3 is 2.45 bits per heavy atom. The van der Waals surface area contributed by atoms with E-state index in [9.17, 15) is 9.59 Å². The number of rotatable bonds is 7. The Balaban J connectivity index is 2.43. The number of amides is 1. The molecule has 0 bridgehead atoms. The van der Waals surface area contributed by atoms with E-state index in [0.717, 1.165) is 25.7 Å². The smallest absolute Gasteiger partial charge is 0.407 e. The van der Waals surface area contributed by atoms with Gasteiger partial charge in [-0.15, -0.1) is 6.58 Å². The van der Waals surface area contributed by atoms with Crippen LogP contribution in [0.25, 0.3) is 0 Å². The Bertz CT molecular complexity index is 380. The van der Waals surface area contributed by atoms with E-state index in [0.29, 0.717) is 6.61 Å². The molecule has 0 saturated heterocycles. The van der Waals surface area contributed by atoms with Crippen LogP contribution in [0, 0.1) is 10.8 Å². The monoisotopic (exact) mass is 283 g/mol. The van der Waals surface area contributed by atoms with Gasteiger partial charge in [-0.3, -0.25) is 0 Å². The van der Waals surface area contributed by atoms with Crippen LogP contribution in [0.2, 0.25) is 0 Å². The number of carboxylic acids is 1. The maximum absolute atomic E-state index is 11.7. The third kappa shape index (κ3) is 4.87. The highest BCUT2D eigenvalue weighted by Gasteiger charge is 2.43. The molecule has 20 heavy (non-hydrogen) atoms. The molecule has 5 heteroatoms. The number of hydrogen-bond acceptors (Lipinski definition) is 3. The van der Waals surface area contributed by atoms with Crippen LogP contribution in [0.1, 0.15) is 46.5 Å². The van der Waals surface area contributed by atoms with Crippen molar-refractivity contribution in [3.05, 3.63) is 12.7 Å². The number of ether oxygens (including phenoxy) is 1. The molecule has 1 amide bonds. The molecule has 1 aliphatic carbocycles. The predicted octanol–water partition coefficient (Wildman–Crippen LogP) is 2.96. The summed E-state index contributed by atoms with van der Waals surface area (Å²) < 4.78 is 5.19. The lowest BCUT2D eigenvalue weighted by Crippen LogP contribution is -2.49. The number of carbonyl (C=O) groups is 2. The summed E-state index contributed by atoms with van der Waals surface area (Å²) in [6, 6.07) is -0.960. The summed E-state index contributed by atoms with van der Waals surface area (Å²) in [7, 11) is 0. The SMILES string of the molecule is C=CCCC1(COC(=O)NC(C(=O)O)C(C)(C)C)CC1. The first kappa shape index (κ1) is 16.5. The molecular formula is C15H25NO4. The Morgan fingerprint density at radius 2 is 2.05 bits per heavy atom. The fourth-order valence-corrected chi connectivity index (χ4v) is 2.08. The van der Waals surface area contributed by atoms with Crippen molar-refractivity contribution in [2.24, 2.45) is 10.8 Å². The van der Waals surface area contributed by atoms with E-state index < -0.39 is 23.5 Å². The maximum Gasteiger partial charge on any atom is 0.407 e. The number of nitrogens with one attached hydrogen (secondary N) is 1. The second kappa shape index (κ2) is 6.29. The normalized spacial score (nSPS) is 17.9. The summed E-state index contributed by atoms with van der Waals surface area (Å²) in [6.45, 7) is 9.32. The standard InChI is InChI=1S/C15H25NO4/c1-5-6-7-15(8-9-15)10-20-13(19)16-11(12(17)18)14(2,3)4/h5,11H,1,6-10H2,2-4H3,(H,16,19)(H,17,18). The van der Waals surface area contributed by atoms with Gasteiger partial charge in [0, 0.05) is 5.41 Å². The first-order valence-electron chi connectivity index (χ1n) is 6.97. The summed E-state index contributed by atoms with van der Waals surface area (Å²) in [6.07, 6.45) is 5.18. The fraction of sp³-hybridized carbons (Fsp3) is 0.733. The molecule has 0 radical (unpaired) electrons. The second-order valence-electron chi connectivity index (χ2n) is 6.69. The molecule has 0 spiro atoms. The van der Waals surface area contributed by atoms with Gasteiger partial charge in [-0.25, -0.2) is 9.59 Å². The highest BCUT2D eigenvalue weighted by Crippen LogP contribution is 2.49. The zero-order chi connectivity index (χ0) is 15.4. The van der Waals surface area contributed by atoms with Crippen molar-refractivity contribution in [2.75, 3.05) is 6.61 Å². The molecule has 0 aromatic rings. The maximum atomic E-state index is 11.7. The molecule has 114 valence electrons. The average molecular weight is 283 g/mol. The molecule has 0 aromatic heterocycles. The zero-order valence-corrected chi connectivity index (χ0v) is 12.6. The minimum absolute atomic E-state index is 0.0893. The van der Waals surface area contributed by atoms with E-state index in [-0.39, 0.29) is 5.41 Å². The van der Waals surface area contributed by atoms with Crippen LogP contribution in [0.3, 0.4) is 0 Å². The quantitative estimate of drug-likeness (QED) is 0.704. The van der Waals surface area contributed by atoms with Crippen molar-refractivity contribution in [1.29, 1.82) is 0 Å². The van der Waals surface area contributed by atoms with Crippen molar-refractivity contribution in [2.45, 2.75) is 52.5 Å². The molecule has 1 rings (SSSR count). The van der Waals surface area contributed by atoms with Crippen molar-refractivity contribution >= 4 is 12.1 Å². The van der Waals surface area contributed by atoms with Crippen molar-refractivity contribution < 1.29 is 19.4 Å². The van der Waals surface area contributed by atoms with Gasteiger partial charge in [-0.05, 0) is 31.1 Å². The highest BCUT2D eigenvalue weighted by atomic mass is 16.5. The summed E-state index contributed by atoms with van der Waals surface area (Å²) >= 11 is 0. The van der Waals surface area contributed by atoms with E-state index in [1.807, 2.05) is 6.08 Å². The van der Waals surface area contributed by atoms with E-state index in [4.69, 9.17) is 9.84 Å². The van der Waals surface area contributed by atoms with Crippen LogP contribution in [0.5, 0.6) is 0 Å². The lowest BCUT2D eigenvalue weighted by atomic mass is 9.87. The van der Waals surface area contributed by atoms with Gasteiger partial charge >= 0.3 is 12.1 Å². The van der Waals surface area contributed by atoms with Crippen molar-refractivity contribution in [1.82, 2.24) is 5.32 Å². The molecular weight excluding hydrogens is 258 g/mol. The Kier molecular flexibility index (Phi) is 5.20. The van der Waals surface area contributed by atoms with Crippen molar-refractivity contribution in [3.63, 3.8) is 0 Å². The van der Waals surface area contributed by atoms with Gasteiger partial charge in [0.1, 0.15) is 6.04 Å². The lowest BCUT2D eigenvalue weighted by molar-refractivity contribution is -0.142. The highest BCUT2D eigenvalue weighted by molar-refractivity contribution is 5.80. The molecule has 1 unspecified atom stereocenters. The van der Waals surface area contributed by atoms with E-state index >= 15 is 0 Å². The molecule has 1 saturated carbocycles. The van der Waals surface area contributed by atoms with Crippen LogP contribution in [-0.4, -0.2) is 29.8 Å². The van der Waals surface area contributed by atoms with Crippen LogP contribution < -0.4 is 5.32 Å². The Morgan fingerprint density at radius 1 is 1.45 bits per heavy atom. The van der Waals surface area contributed by atoms with Gasteiger partial charge in [0.15, 0.2) is 0 Å². The average Bonchev–Trinajstić information content (AvgIpc) is 3.10. The van der Waals surface area contributed by atoms with Crippen LogP contribution in [-0.2, 0) is 9.53 Å². The number of allylic oxidation sites excluding steroid dienone is 1. The van der Waals surface area contributed by atoms with Gasteiger partial charge in [0.2, 0.25) is 0 Å². The Hall–Kier alpha value is -1.52. The van der Waals surface area contributed by atoms with Gasteiger partial charge in [0.25, 0.3) is 0 Å². The molecule has 5 nitrogen and oxygen atoms in total. The first-order chi connectivity index (χ1) is 9.20. The van der Waals surface area contributed by atoms with Crippen molar-refractivity contribution in [3.8, 4) is 0 Å². The number of hydrogen-bond donors (Lipinski definition) is 2. The molecule has 2 N–H and O–H groups in total. The van der Waals surface area contributed by atoms with E-state index in [1.54, 1.807) is 20.8 Å². The minimum atomic E-state index is -1.05. The molecule has 0 heterocycles. The first-order valence-corrected chi connectivity index (χ1v) is 6.97. The lowest BCUT2D eigenvalue weighted by Gasteiger charge is -2.27. The van der Waals surface area contributed by atoms with Gasteiger partial charge in [-0.2, -0.15) is 0 Å². The third-order valence-corrected chi connectivity index (χ3v) is 3.72. The summed E-state index contributed by atoms with van der Waals surface area (Å²) in [5.41, 5.74) is -0.475. The summed E-state index contributed by atoms with van der Waals surface area (Å²) in [4.78, 5) is 22.9. The predicted molar refractivity (Wildman–Crippen MR) is 76.5 cm³/mol.